The van der Waals surface area contributed by atoms with Crippen LogP contribution in [0.15, 0.2) is 0 Å². The van der Waals surface area contributed by atoms with Crippen LogP contribution in [0.25, 0.3) is 0 Å². The van der Waals surface area contributed by atoms with Crippen molar-refractivity contribution in [3.63, 3.8) is 0 Å². The van der Waals surface area contributed by atoms with Gasteiger partial charge in [-0.05, 0) is 6.42 Å². The van der Waals surface area contributed by atoms with Gasteiger partial charge in [-0.3, -0.25) is 0 Å². The highest BCUT2D eigenvalue weighted by Crippen LogP contribution is 2.16. The molecule has 0 aromatic heterocycles. The van der Waals surface area contributed by atoms with Crippen LogP contribution in [0.2, 0.25) is 0 Å². The van der Waals surface area contributed by atoms with Crippen molar-refractivity contribution >= 4 is 12.6 Å². The van der Waals surface area contributed by atoms with Gasteiger partial charge in [0.2, 0.25) is 0 Å². The molecular weight excluding hydrogens is 108 g/mol. The summed E-state index contributed by atoms with van der Waals surface area (Å²) in [6.07, 6.45) is 0.510. The van der Waals surface area contributed by atoms with Crippen molar-refractivity contribution in [1.82, 2.24) is 0 Å². The van der Waals surface area contributed by atoms with Gasteiger partial charge in [0.15, 0.2) is 0 Å². The van der Waals surface area contributed by atoms with Crippen molar-refractivity contribution in [3.8, 4) is 0 Å². The minimum atomic E-state index is -0.116. The molecule has 0 unspecified atom stereocenters. The van der Waals surface area contributed by atoms with Gasteiger partial charge in [-0.1, -0.05) is 13.8 Å². The smallest absolute Gasteiger partial charge is 0.129 e. The van der Waals surface area contributed by atoms with Crippen molar-refractivity contribution in [3.05, 3.63) is 6.61 Å². The zero-order valence-electron chi connectivity index (χ0n) is 4.60. The minimum Gasteiger partial charge on any atom is -0.384 e. The van der Waals surface area contributed by atoms with E-state index in [1.54, 1.807) is 0 Å². The maximum atomic E-state index is 8.10. The summed E-state index contributed by atoms with van der Waals surface area (Å²) in [5.74, 6) is 0. The highest BCUT2D eigenvalue weighted by molar-refractivity contribution is 7.81. The molecule has 0 spiro atoms. The Morgan fingerprint density at radius 2 is 2.14 bits per heavy atom. The summed E-state index contributed by atoms with van der Waals surface area (Å²) >= 11 is 4.11. The van der Waals surface area contributed by atoms with E-state index in [4.69, 9.17) is 5.11 Å². The molecule has 0 aliphatic heterocycles. The predicted molar refractivity (Wildman–Crippen MR) is 32.9 cm³/mol. The maximum Gasteiger partial charge on any atom is 0.129 e. The fourth-order valence-electron chi connectivity index (χ4n) is 0.193. The summed E-state index contributed by atoms with van der Waals surface area (Å²) in [5, 5.41) is 8.10. The molecule has 0 bridgehead atoms. The van der Waals surface area contributed by atoms with Crippen LogP contribution in [0.1, 0.15) is 20.3 Å². The van der Waals surface area contributed by atoms with E-state index in [9.17, 15) is 0 Å². The van der Waals surface area contributed by atoms with Gasteiger partial charge >= 0.3 is 0 Å². The second kappa shape index (κ2) is 2.58. The van der Waals surface area contributed by atoms with Crippen LogP contribution in [-0.4, -0.2) is 9.85 Å². The van der Waals surface area contributed by atoms with E-state index in [0.29, 0.717) is 6.42 Å². The zero-order valence-corrected chi connectivity index (χ0v) is 5.50. The first-order valence-electron chi connectivity index (χ1n) is 2.15. The molecule has 0 aromatic carbocycles. The number of aliphatic hydroxyl groups is 1. The third-order valence-corrected chi connectivity index (χ3v) is 0.670. The first-order valence-corrected chi connectivity index (χ1v) is 2.60. The van der Waals surface area contributed by atoms with Gasteiger partial charge in [-0.25, -0.2) is 0 Å². The van der Waals surface area contributed by atoms with Crippen molar-refractivity contribution in [2.24, 2.45) is 0 Å². The molecule has 1 N–H and O–H groups in total. The summed E-state index contributed by atoms with van der Waals surface area (Å²) in [4.78, 5) is 0. The summed E-state index contributed by atoms with van der Waals surface area (Å²) in [6.45, 7) is 5.86. The molecule has 0 aliphatic rings. The lowest BCUT2D eigenvalue weighted by Gasteiger charge is -2.12. The van der Waals surface area contributed by atoms with E-state index >= 15 is 0 Å². The lowest BCUT2D eigenvalue weighted by molar-refractivity contribution is 0.360. The second-order valence-corrected chi connectivity index (χ2v) is 3.36. The molecule has 0 aromatic rings. The van der Waals surface area contributed by atoms with Crippen LogP contribution in [0.3, 0.4) is 0 Å². The molecule has 0 saturated carbocycles. The van der Waals surface area contributed by atoms with E-state index < -0.39 is 0 Å². The Morgan fingerprint density at radius 1 is 1.71 bits per heavy atom. The van der Waals surface area contributed by atoms with Crippen LogP contribution in [0.4, 0.5) is 0 Å². The molecule has 0 amide bonds. The molecule has 0 fully saturated rings. The van der Waals surface area contributed by atoms with Crippen LogP contribution >= 0.6 is 12.6 Å². The summed E-state index contributed by atoms with van der Waals surface area (Å²) < 4.78 is -0.116. The molecule has 1 nitrogen and oxygen atoms in total. The normalized spacial score (nSPS) is 12.0. The Morgan fingerprint density at radius 3 is 2.14 bits per heavy atom. The Labute approximate surface area is 50.1 Å². The average molecular weight is 118 g/mol. The van der Waals surface area contributed by atoms with Gasteiger partial charge in [0.05, 0.1) is 0 Å². The quantitative estimate of drug-likeness (QED) is 0.526. The molecule has 2 heteroatoms. The highest BCUT2D eigenvalue weighted by atomic mass is 32.1. The van der Waals surface area contributed by atoms with Crippen molar-refractivity contribution in [2.45, 2.75) is 25.0 Å². The Balaban J connectivity index is 3.15. The fourth-order valence-corrected chi connectivity index (χ4v) is 0.264. The molecule has 0 heterocycles. The summed E-state index contributed by atoms with van der Waals surface area (Å²) in [5.41, 5.74) is 0. The Kier molecular flexibility index (Phi) is 2.69. The number of hydrogen-bond donors (Lipinski definition) is 2. The highest BCUT2D eigenvalue weighted by Gasteiger charge is 2.09. The summed E-state index contributed by atoms with van der Waals surface area (Å²) in [6, 6.07) is 0. The second-order valence-electron chi connectivity index (χ2n) is 2.15. The van der Waals surface area contributed by atoms with Crippen LogP contribution in [0.5, 0.6) is 0 Å². The molecule has 0 aliphatic carbocycles. The van der Waals surface area contributed by atoms with Gasteiger partial charge in [-0.2, -0.15) is 12.6 Å². The van der Waals surface area contributed by atoms with E-state index in [1.165, 1.54) is 0 Å². The van der Waals surface area contributed by atoms with Gasteiger partial charge in [0, 0.05) is 4.75 Å². The molecular formula is C5H10OS. The molecule has 42 valence electrons. The molecule has 2 radical (unpaired) electrons. The largest absolute Gasteiger partial charge is 0.384 e. The van der Waals surface area contributed by atoms with E-state index in [-0.39, 0.29) is 4.75 Å². The first kappa shape index (κ1) is 7.31. The SMILES string of the molecule is CC(C)(S)C[C]O. The number of aliphatic hydroxyl groups excluding tert-OH is 1. The lowest BCUT2D eigenvalue weighted by atomic mass is 10.1. The number of hydrogen-bond acceptors (Lipinski definition) is 2. The van der Waals surface area contributed by atoms with E-state index in [1.807, 2.05) is 20.5 Å². The third-order valence-electron chi connectivity index (χ3n) is 0.512. The van der Waals surface area contributed by atoms with Crippen molar-refractivity contribution in [2.75, 3.05) is 0 Å². The van der Waals surface area contributed by atoms with E-state index in [2.05, 4.69) is 12.6 Å². The van der Waals surface area contributed by atoms with Gasteiger partial charge in [0.25, 0.3) is 0 Å². The molecule has 0 atom stereocenters. The van der Waals surface area contributed by atoms with Crippen molar-refractivity contribution in [1.29, 1.82) is 0 Å². The monoisotopic (exact) mass is 118 g/mol. The molecule has 7 heavy (non-hydrogen) atoms. The van der Waals surface area contributed by atoms with Crippen LogP contribution in [-0.2, 0) is 0 Å². The average Bonchev–Trinajstić information content (AvgIpc) is 1.30. The van der Waals surface area contributed by atoms with Crippen LogP contribution < -0.4 is 0 Å². The van der Waals surface area contributed by atoms with E-state index in [0.717, 1.165) is 0 Å². The minimum absolute atomic E-state index is 0.116. The predicted octanol–water partition coefficient (Wildman–Crippen LogP) is 1.50. The topological polar surface area (TPSA) is 20.2 Å². The summed E-state index contributed by atoms with van der Waals surface area (Å²) in [7, 11) is 0. The van der Waals surface area contributed by atoms with Gasteiger partial charge in [0.1, 0.15) is 6.61 Å². The first-order chi connectivity index (χ1) is 3.06. The van der Waals surface area contributed by atoms with Gasteiger partial charge in [-0.15, -0.1) is 0 Å². The maximum absolute atomic E-state index is 8.10. The molecule has 0 rings (SSSR count). The Bertz CT molecular complexity index is 46.5. The lowest BCUT2D eigenvalue weighted by Crippen LogP contribution is -2.09. The van der Waals surface area contributed by atoms with Crippen molar-refractivity contribution < 1.29 is 5.11 Å². The number of rotatable bonds is 2. The number of thiol groups is 1. The third kappa shape index (κ3) is 6.31. The standard InChI is InChI=1S/C5H10OS/c1-5(2,7)3-4-6/h6-7H,3H2,1-2H3. The fraction of sp³-hybridized carbons (Fsp3) is 0.800. The Hall–Kier alpha value is 0.310. The van der Waals surface area contributed by atoms with Crippen LogP contribution in [0, 0.1) is 6.61 Å². The molecule has 0 saturated heterocycles. The zero-order chi connectivity index (χ0) is 5.91. The van der Waals surface area contributed by atoms with Gasteiger partial charge < -0.3 is 5.11 Å².